The first-order valence-corrected chi connectivity index (χ1v) is 7.59. The molecule has 3 rings (SSSR count). The first kappa shape index (κ1) is 13.4. The van der Waals surface area contributed by atoms with Gasteiger partial charge in [-0.2, -0.15) is 0 Å². The van der Waals surface area contributed by atoms with E-state index < -0.39 is 0 Å². The zero-order chi connectivity index (χ0) is 13.9. The quantitative estimate of drug-likeness (QED) is 0.931. The minimum absolute atomic E-state index is 0.577. The highest BCUT2D eigenvalue weighted by Crippen LogP contribution is 2.29. The van der Waals surface area contributed by atoms with Crippen LogP contribution in [0.2, 0.25) is 0 Å². The van der Waals surface area contributed by atoms with Crippen molar-refractivity contribution in [3.63, 3.8) is 0 Å². The summed E-state index contributed by atoms with van der Waals surface area (Å²) in [6.45, 7) is 5.07. The lowest BCUT2D eigenvalue weighted by molar-refractivity contribution is 0.318. The van der Waals surface area contributed by atoms with Crippen molar-refractivity contribution in [2.45, 2.75) is 32.1 Å². The SMILES string of the molecule is CCCOc1ccc2c(c1)nc(C1CCNCC1)n2C. The van der Waals surface area contributed by atoms with E-state index in [1.807, 2.05) is 6.07 Å². The number of hydrogen-bond acceptors (Lipinski definition) is 3. The van der Waals surface area contributed by atoms with Crippen LogP contribution in [0.1, 0.15) is 37.9 Å². The van der Waals surface area contributed by atoms with E-state index >= 15 is 0 Å². The molecule has 108 valence electrons. The number of nitrogens with one attached hydrogen (secondary N) is 1. The van der Waals surface area contributed by atoms with E-state index in [2.05, 4.69) is 36.0 Å². The van der Waals surface area contributed by atoms with Gasteiger partial charge >= 0.3 is 0 Å². The lowest BCUT2D eigenvalue weighted by Crippen LogP contribution is -2.27. The molecule has 2 heterocycles. The van der Waals surface area contributed by atoms with Crippen LogP contribution in [-0.4, -0.2) is 29.2 Å². The maximum atomic E-state index is 5.70. The number of imidazole rings is 1. The van der Waals surface area contributed by atoms with Crippen molar-refractivity contribution in [1.82, 2.24) is 14.9 Å². The molecular formula is C16H23N3O. The van der Waals surface area contributed by atoms with Gasteiger partial charge in [0, 0.05) is 19.0 Å². The molecule has 1 saturated heterocycles. The van der Waals surface area contributed by atoms with Crippen LogP contribution in [-0.2, 0) is 7.05 Å². The van der Waals surface area contributed by atoms with Crippen molar-refractivity contribution in [1.29, 1.82) is 0 Å². The molecule has 0 aliphatic carbocycles. The number of ether oxygens (including phenoxy) is 1. The Hall–Kier alpha value is -1.55. The summed E-state index contributed by atoms with van der Waals surface area (Å²) in [5, 5.41) is 3.41. The van der Waals surface area contributed by atoms with Crippen LogP contribution in [0.5, 0.6) is 5.75 Å². The van der Waals surface area contributed by atoms with Gasteiger partial charge in [0.1, 0.15) is 11.6 Å². The maximum absolute atomic E-state index is 5.70. The van der Waals surface area contributed by atoms with Crippen molar-refractivity contribution in [3.8, 4) is 5.75 Å². The molecule has 1 fully saturated rings. The third-order valence-electron chi connectivity index (χ3n) is 4.06. The van der Waals surface area contributed by atoms with Crippen molar-refractivity contribution in [2.24, 2.45) is 7.05 Å². The van der Waals surface area contributed by atoms with Gasteiger partial charge < -0.3 is 14.6 Å². The predicted octanol–water partition coefficient (Wildman–Crippen LogP) is 2.83. The summed E-state index contributed by atoms with van der Waals surface area (Å²) in [6.07, 6.45) is 3.38. The number of rotatable bonds is 4. The normalized spacial score (nSPS) is 16.7. The summed E-state index contributed by atoms with van der Waals surface area (Å²) in [7, 11) is 2.12. The molecule has 1 aromatic heterocycles. The van der Waals surface area contributed by atoms with E-state index in [-0.39, 0.29) is 0 Å². The van der Waals surface area contributed by atoms with Crippen LogP contribution < -0.4 is 10.1 Å². The first-order chi connectivity index (χ1) is 9.79. The largest absolute Gasteiger partial charge is 0.494 e. The van der Waals surface area contributed by atoms with E-state index in [1.54, 1.807) is 0 Å². The van der Waals surface area contributed by atoms with Gasteiger partial charge in [0.25, 0.3) is 0 Å². The van der Waals surface area contributed by atoms with E-state index in [1.165, 1.54) is 24.2 Å². The molecular weight excluding hydrogens is 250 g/mol. The Bertz CT molecular complexity index is 585. The van der Waals surface area contributed by atoms with Crippen molar-refractivity contribution >= 4 is 11.0 Å². The number of aryl methyl sites for hydroxylation is 1. The Labute approximate surface area is 120 Å². The number of hydrogen-bond donors (Lipinski definition) is 1. The predicted molar refractivity (Wildman–Crippen MR) is 81.3 cm³/mol. The van der Waals surface area contributed by atoms with Crippen molar-refractivity contribution in [2.75, 3.05) is 19.7 Å². The van der Waals surface area contributed by atoms with E-state index in [9.17, 15) is 0 Å². The second kappa shape index (κ2) is 5.83. The Balaban J connectivity index is 1.91. The second-order valence-corrected chi connectivity index (χ2v) is 5.55. The molecule has 0 atom stereocenters. The van der Waals surface area contributed by atoms with Crippen LogP contribution in [0.3, 0.4) is 0 Å². The molecule has 4 nitrogen and oxygen atoms in total. The highest BCUT2D eigenvalue weighted by Gasteiger charge is 2.20. The molecule has 2 aromatic rings. The van der Waals surface area contributed by atoms with Crippen molar-refractivity contribution < 1.29 is 4.74 Å². The molecule has 0 unspecified atom stereocenters. The van der Waals surface area contributed by atoms with E-state index in [0.717, 1.165) is 37.4 Å². The Morgan fingerprint density at radius 2 is 2.15 bits per heavy atom. The summed E-state index contributed by atoms with van der Waals surface area (Å²) in [5.74, 6) is 2.72. The fourth-order valence-electron chi connectivity index (χ4n) is 2.95. The molecule has 0 bridgehead atoms. The van der Waals surface area contributed by atoms with Gasteiger partial charge in [-0.3, -0.25) is 0 Å². The number of benzene rings is 1. The van der Waals surface area contributed by atoms with Gasteiger partial charge in [0.15, 0.2) is 0 Å². The number of nitrogens with zero attached hydrogens (tertiary/aromatic N) is 2. The summed E-state index contributed by atoms with van der Waals surface area (Å²) < 4.78 is 7.94. The summed E-state index contributed by atoms with van der Waals surface area (Å²) in [4.78, 5) is 4.86. The molecule has 1 N–H and O–H groups in total. The molecule has 1 aliphatic heterocycles. The van der Waals surface area contributed by atoms with Gasteiger partial charge in [-0.15, -0.1) is 0 Å². The summed E-state index contributed by atoms with van der Waals surface area (Å²) in [6, 6.07) is 6.24. The first-order valence-electron chi connectivity index (χ1n) is 7.59. The number of fused-ring (bicyclic) bond motifs is 1. The van der Waals surface area contributed by atoms with Gasteiger partial charge in [-0.1, -0.05) is 6.92 Å². The topological polar surface area (TPSA) is 39.1 Å². The van der Waals surface area contributed by atoms with E-state index in [4.69, 9.17) is 9.72 Å². The average molecular weight is 273 g/mol. The Kier molecular flexibility index (Phi) is 3.92. The third-order valence-corrected chi connectivity index (χ3v) is 4.06. The van der Waals surface area contributed by atoms with Crippen LogP contribution in [0, 0.1) is 0 Å². The zero-order valence-electron chi connectivity index (χ0n) is 12.4. The highest BCUT2D eigenvalue weighted by molar-refractivity contribution is 5.77. The Morgan fingerprint density at radius 3 is 2.90 bits per heavy atom. The lowest BCUT2D eigenvalue weighted by atomic mass is 9.97. The lowest BCUT2D eigenvalue weighted by Gasteiger charge is -2.22. The van der Waals surface area contributed by atoms with Gasteiger partial charge in [0.05, 0.1) is 17.6 Å². The van der Waals surface area contributed by atoms with Crippen LogP contribution in [0.4, 0.5) is 0 Å². The molecule has 4 heteroatoms. The fraction of sp³-hybridized carbons (Fsp3) is 0.562. The van der Waals surface area contributed by atoms with E-state index in [0.29, 0.717) is 5.92 Å². The maximum Gasteiger partial charge on any atom is 0.121 e. The average Bonchev–Trinajstić information content (AvgIpc) is 2.83. The van der Waals surface area contributed by atoms with Crippen molar-refractivity contribution in [3.05, 3.63) is 24.0 Å². The minimum atomic E-state index is 0.577. The van der Waals surface area contributed by atoms with Crippen LogP contribution >= 0.6 is 0 Å². The number of piperidine rings is 1. The van der Waals surface area contributed by atoms with Gasteiger partial charge in [-0.25, -0.2) is 4.98 Å². The fourth-order valence-corrected chi connectivity index (χ4v) is 2.95. The highest BCUT2D eigenvalue weighted by atomic mass is 16.5. The zero-order valence-corrected chi connectivity index (χ0v) is 12.4. The van der Waals surface area contributed by atoms with Gasteiger partial charge in [-0.05, 0) is 44.5 Å². The molecule has 0 amide bonds. The van der Waals surface area contributed by atoms with Crippen LogP contribution in [0.15, 0.2) is 18.2 Å². The smallest absolute Gasteiger partial charge is 0.121 e. The summed E-state index contributed by atoms with van der Waals surface area (Å²) >= 11 is 0. The van der Waals surface area contributed by atoms with Gasteiger partial charge in [0.2, 0.25) is 0 Å². The summed E-state index contributed by atoms with van der Waals surface area (Å²) in [5.41, 5.74) is 2.25. The molecule has 20 heavy (non-hydrogen) atoms. The number of aromatic nitrogens is 2. The molecule has 1 aromatic carbocycles. The molecule has 0 spiro atoms. The standard InChI is InChI=1S/C16H23N3O/c1-3-10-20-13-4-5-15-14(11-13)18-16(19(15)2)12-6-8-17-9-7-12/h4-5,11-12,17H,3,6-10H2,1-2H3. The third kappa shape index (κ3) is 2.52. The second-order valence-electron chi connectivity index (χ2n) is 5.55. The molecule has 1 aliphatic rings. The molecule has 0 saturated carbocycles. The Morgan fingerprint density at radius 1 is 1.35 bits per heavy atom. The monoisotopic (exact) mass is 273 g/mol. The molecule has 0 radical (unpaired) electrons. The van der Waals surface area contributed by atoms with Crippen LogP contribution in [0.25, 0.3) is 11.0 Å². The minimum Gasteiger partial charge on any atom is -0.494 e.